The van der Waals surface area contributed by atoms with Crippen molar-refractivity contribution in [3.63, 3.8) is 0 Å². The van der Waals surface area contributed by atoms with Gasteiger partial charge in [0.05, 0.1) is 16.6 Å². The minimum Gasteiger partial charge on any atom is -0.371 e. The molecule has 0 aliphatic heterocycles. The first-order valence-electron chi connectivity index (χ1n) is 10.5. The first kappa shape index (κ1) is 21.2. The maximum absolute atomic E-state index is 9.99. The average Bonchev–Trinajstić information content (AvgIpc) is 3.13. The van der Waals surface area contributed by atoms with Crippen molar-refractivity contribution in [2.45, 2.75) is 19.8 Å². The van der Waals surface area contributed by atoms with Crippen LogP contribution in [0.1, 0.15) is 28.7 Å². The molecule has 0 amide bonds. The molecule has 0 radical (unpaired) electrons. The lowest BCUT2D eigenvalue weighted by molar-refractivity contribution is 0.405. The first-order chi connectivity index (χ1) is 15.0. The number of nitriles is 1. The molecule has 0 aliphatic carbocycles. The zero-order valence-electron chi connectivity index (χ0n) is 18.1. The fraction of sp³-hybridized carbons (Fsp3) is 0.280. The highest BCUT2D eigenvalue weighted by atomic mass is 35.5. The molecule has 0 fully saturated rings. The number of nitrogens with one attached hydrogen (secondary N) is 1. The van der Waals surface area contributed by atoms with Crippen molar-refractivity contribution in [1.82, 2.24) is 14.3 Å². The highest BCUT2D eigenvalue weighted by molar-refractivity contribution is 6.30. The fourth-order valence-corrected chi connectivity index (χ4v) is 4.12. The molecular weight excluding hydrogens is 406 g/mol. The van der Waals surface area contributed by atoms with E-state index in [-0.39, 0.29) is 0 Å². The third kappa shape index (κ3) is 4.23. The van der Waals surface area contributed by atoms with Gasteiger partial charge in [0, 0.05) is 23.6 Å². The highest BCUT2D eigenvalue weighted by Gasteiger charge is 2.20. The van der Waals surface area contributed by atoms with Crippen molar-refractivity contribution in [2.24, 2.45) is 0 Å². The van der Waals surface area contributed by atoms with Gasteiger partial charge in [-0.15, -0.1) is 0 Å². The van der Waals surface area contributed by atoms with Gasteiger partial charge in [-0.05, 0) is 69.4 Å². The van der Waals surface area contributed by atoms with Gasteiger partial charge in [-0.25, -0.2) is 4.98 Å². The van der Waals surface area contributed by atoms with Crippen molar-refractivity contribution in [3.05, 3.63) is 75.8 Å². The summed E-state index contributed by atoms with van der Waals surface area (Å²) in [5.74, 6) is 1.01. The van der Waals surface area contributed by atoms with Gasteiger partial charge in [0.15, 0.2) is 5.65 Å². The summed E-state index contributed by atoms with van der Waals surface area (Å²) in [6.07, 6.45) is 1.72. The molecule has 2 aromatic heterocycles. The summed E-state index contributed by atoms with van der Waals surface area (Å²) in [4.78, 5) is 6.98. The summed E-state index contributed by atoms with van der Waals surface area (Å²) in [6.45, 7) is 3.86. The molecule has 6 heteroatoms. The van der Waals surface area contributed by atoms with Crippen molar-refractivity contribution < 1.29 is 0 Å². The van der Waals surface area contributed by atoms with Crippen LogP contribution in [0.15, 0.2) is 48.5 Å². The quantitative estimate of drug-likeness (QED) is 0.405. The van der Waals surface area contributed by atoms with Crippen LogP contribution in [0.4, 0.5) is 5.82 Å². The average molecular weight is 432 g/mol. The molecule has 0 saturated heterocycles. The van der Waals surface area contributed by atoms with E-state index < -0.39 is 0 Å². The van der Waals surface area contributed by atoms with Gasteiger partial charge in [-0.3, -0.25) is 4.40 Å². The Balaban J connectivity index is 1.91. The summed E-state index contributed by atoms with van der Waals surface area (Å²) >= 11 is 6.09. The van der Waals surface area contributed by atoms with E-state index in [1.54, 1.807) is 0 Å². The smallest absolute Gasteiger partial charge is 0.157 e. The van der Waals surface area contributed by atoms with E-state index in [9.17, 15) is 5.26 Å². The van der Waals surface area contributed by atoms with Crippen molar-refractivity contribution in [3.8, 4) is 6.07 Å². The van der Waals surface area contributed by atoms with E-state index in [0.717, 1.165) is 58.1 Å². The van der Waals surface area contributed by atoms with Crippen molar-refractivity contribution in [1.29, 1.82) is 5.26 Å². The number of imidazole rings is 1. The Bertz CT molecular complexity index is 1270. The Morgan fingerprint density at radius 1 is 1.13 bits per heavy atom. The predicted molar refractivity (Wildman–Crippen MR) is 128 cm³/mol. The third-order valence-corrected chi connectivity index (χ3v) is 5.85. The number of para-hydroxylation sites is 2. The van der Waals surface area contributed by atoms with Gasteiger partial charge in [0.2, 0.25) is 0 Å². The maximum Gasteiger partial charge on any atom is 0.157 e. The lowest BCUT2D eigenvalue weighted by Gasteiger charge is -2.19. The molecule has 0 bridgehead atoms. The lowest BCUT2D eigenvalue weighted by atomic mass is 9.97. The molecule has 1 N–H and O–H groups in total. The zero-order valence-corrected chi connectivity index (χ0v) is 18.9. The Hall–Kier alpha value is -3.07. The second-order valence-electron chi connectivity index (χ2n) is 8.09. The van der Waals surface area contributed by atoms with Crippen LogP contribution in [-0.4, -0.2) is 41.5 Å². The van der Waals surface area contributed by atoms with Gasteiger partial charge in [-0.2, -0.15) is 5.26 Å². The third-order valence-electron chi connectivity index (χ3n) is 5.60. The summed E-state index contributed by atoms with van der Waals surface area (Å²) in [6, 6.07) is 18.3. The van der Waals surface area contributed by atoms with E-state index in [2.05, 4.69) is 40.8 Å². The molecule has 0 aliphatic rings. The minimum absolute atomic E-state index is 0.624. The molecule has 0 atom stereocenters. The van der Waals surface area contributed by atoms with Gasteiger partial charge in [0.25, 0.3) is 0 Å². The van der Waals surface area contributed by atoms with Gasteiger partial charge in [0.1, 0.15) is 11.9 Å². The lowest BCUT2D eigenvalue weighted by Crippen LogP contribution is -2.18. The monoisotopic (exact) mass is 431 g/mol. The first-order valence-corrected chi connectivity index (χ1v) is 10.8. The van der Waals surface area contributed by atoms with E-state index in [1.165, 1.54) is 0 Å². The van der Waals surface area contributed by atoms with Crippen LogP contribution in [0.3, 0.4) is 0 Å². The fourth-order valence-electron chi connectivity index (χ4n) is 4.00. The number of nitrogens with zero attached hydrogens (tertiary/aromatic N) is 4. The zero-order chi connectivity index (χ0) is 22.0. The number of hydrogen-bond acceptors (Lipinski definition) is 4. The molecule has 4 rings (SSSR count). The molecule has 0 saturated carbocycles. The van der Waals surface area contributed by atoms with Crippen molar-refractivity contribution >= 4 is 34.1 Å². The number of aromatic nitrogens is 2. The molecule has 2 heterocycles. The van der Waals surface area contributed by atoms with Crippen LogP contribution in [0, 0.1) is 18.3 Å². The predicted octanol–water partition coefficient (Wildman–Crippen LogP) is 5.28. The normalized spacial score (nSPS) is 11.4. The van der Waals surface area contributed by atoms with E-state index >= 15 is 0 Å². The highest BCUT2D eigenvalue weighted by Crippen LogP contribution is 2.32. The Kier molecular flexibility index (Phi) is 6.13. The SMILES string of the molecule is Cc1c(Cc2ccc(Cl)cc2)c(NCCCN(C)C)n2c(nc3ccccc32)c1C#N. The molecule has 5 nitrogen and oxygen atoms in total. The molecule has 158 valence electrons. The maximum atomic E-state index is 9.99. The summed E-state index contributed by atoms with van der Waals surface area (Å²) in [7, 11) is 4.17. The number of pyridine rings is 1. The molecule has 4 aromatic rings. The van der Waals surface area contributed by atoms with E-state index in [4.69, 9.17) is 16.6 Å². The molecule has 2 aromatic carbocycles. The second-order valence-corrected chi connectivity index (χ2v) is 8.52. The summed E-state index contributed by atoms with van der Waals surface area (Å²) in [5.41, 5.74) is 6.45. The van der Waals surface area contributed by atoms with E-state index in [0.29, 0.717) is 17.6 Å². The number of halogens is 1. The van der Waals surface area contributed by atoms with Crippen LogP contribution in [0.2, 0.25) is 5.02 Å². The Morgan fingerprint density at radius 2 is 1.87 bits per heavy atom. The second kappa shape index (κ2) is 8.97. The van der Waals surface area contributed by atoms with Gasteiger partial charge in [-0.1, -0.05) is 35.9 Å². The minimum atomic E-state index is 0.624. The van der Waals surface area contributed by atoms with E-state index in [1.807, 2.05) is 49.4 Å². The topological polar surface area (TPSA) is 56.4 Å². The van der Waals surface area contributed by atoms with Crippen LogP contribution >= 0.6 is 11.6 Å². The van der Waals surface area contributed by atoms with Crippen LogP contribution in [0.25, 0.3) is 16.7 Å². The van der Waals surface area contributed by atoms with Crippen LogP contribution in [0.5, 0.6) is 0 Å². The Morgan fingerprint density at radius 3 is 2.58 bits per heavy atom. The number of benzene rings is 2. The number of fused-ring (bicyclic) bond motifs is 3. The molecule has 31 heavy (non-hydrogen) atoms. The van der Waals surface area contributed by atoms with Gasteiger partial charge < -0.3 is 10.2 Å². The van der Waals surface area contributed by atoms with Crippen molar-refractivity contribution in [2.75, 3.05) is 32.5 Å². The Labute approximate surface area is 187 Å². The number of hydrogen-bond donors (Lipinski definition) is 1. The van der Waals surface area contributed by atoms with Crippen LogP contribution in [-0.2, 0) is 6.42 Å². The standard InChI is InChI=1S/C25H26ClN5/c1-17-20(15-18-9-11-19(26)12-10-18)24(28-13-6-14-30(2)3)31-23-8-5-4-7-22(23)29-25(31)21(17)16-27/h4-5,7-12,28H,6,13-15H2,1-3H3. The summed E-state index contributed by atoms with van der Waals surface area (Å²) < 4.78 is 2.11. The molecule has 0 unspecified atom stereocenters. The largest absolute Gasteiger partial charge is 0.371 e. The number of rotatable bonds is 7. The molecular formula is C25H26ClN5. The summed E-state index contributed by atoms with van der Waals surface area (Å²) in [5, 5.41) is 14.4. The molecule has 0 spiro atoms. The van der Waals surface area contributed by atoms with Gasteiger partial charge >= 0.3 is 0 Å². The van der Waals surface area contributed by atoms with Crippen LogP contribution < -0.4 is 5.32 Å². The number of anilines is 1.